The van der Waals surface area contributed by atoms with Crippen molar-refractivity contribution >= 4 is 17.4 Å². The lowest BCUT2D eigenvalue weighted by Crippen LogP contribution is -2.36. The van der Waals surface area contributed by atoms with Crippen LogP contribution in [0.2, 0.25) is 0 Å². The van der Waals surface area contributed by atoms with Gasteiger partial charge in [-0.05, 0) is 29.7 Å². The van der Waals surface area contributed by atoms with Crippen LogP contribution in [-0.2, 0) is 13.0 Å². The van der Waals surface area contributed by atoms with Crippen molar-refractivity contribution in [2.45, 2.75) is 13.0 Å². The van der Waals surface area contributed by atoms with E-state index in [1.807, 2.05) is 29.2 Å². The molecule has 0 saturated carbocycles. The zero-order valence-corrected chi connectivity index (χ0v) is 16.4. The fourth-order valence-electron chi connectivity index (χ4n) is 3.44. The minimum Gasteiger partial charge on any atom is -0.493 e. The standard InChI is InChI=1S/C22H22N4O3/c1-28-19-8-7-17(11-20(19)29-2)25-21-12-18(23-14-24-21)22(27)26-10-9-15-5-3-4-6-16(15)13-26/h3-8,11-12,14H,9-10,13H2,1-2H3,(H,23,24,25). The number of hydrogen-bond donors (Lipinski definition) is 1. The van der Waals surface area contributed by atoms with Gasteiger partial charge >= 0.3 is 0 Å². The maximum absolute atomic E-state index is 13.0. The van der Waals surface area contributed by atoms with E-state index in [1.54, 1.807) is 26.4 Å². The van der Waals surface area contributed by atoms with Crippen LogP contribution < -0.4 is 14.8 Å². The van der Waals surface area contributed by atoms with E-state index in [1.165, 1.54) is 17.5 Å². The van der Waals surface area contributed by atoms with E-state index in [-0.39, 0.29) is 5.91 Å². The number of carbonyl (C=O) groups is 1. The summed E-state index contributed by atoms with van der Waals surface area (Å²) >= 11 is 0. The Balaban J connectivity index is 1.51. The molecule has 2 aromatic carbocycles. The quantitative estimate of drug-likeness (QED) is 0.719. The molecule has 0 radical (unpaired) electrons. The second-order valence-electron chi connectivity index (χ2n) is 6.73. The van der Waals surface area contributed by atoms with Crippen molar-refractivity contribution in [2.24, 2.45) is 0 Å². The van der Waals surface area contributed by atoms with E-state index in [0.717, 1.165) is 12.1 Å². The fraction of sp³-hybridized carbons (Fsp3) is 0.227. The average molecular weight is 390 g/mol. The van der Waals surface area contributed by atoms with E-state index >= 15 is 0 Å². The Morgan fingerprint density at radius 3 is 2.59 bits per heavy atom. The van der Waals surface area contributed by atoms with Crippen molar-refractivity contribution in [2.75, 3.05) is 26.1 Å². The van der Waals surface area contributed by atoms with Crippen molar-refractivity contribution in [3.05, 3.63) is 71.7 Å². The predicted molar refractivity (Wildman–Crippen MR) is 110 cm³/mol. The largest absolute Gasteiger partial charge is 0.493 e. The molecule has 29 heavy (non-hydrogen) atoms. The molecule has 0 spiro atoms. The Labute approximate surface area is 169 Å². The number of fused-ring (bicyclic) bond motifs is 1. The molecule has 3 aromatic rings. The molecule has 0 saturated heterocycles. The number of amides is 1. The molecule has 7 heteroatoms. The van der Waals surface area contributed by atoms with Crippen LogP contribution in [0, 0.1) is 0 Å². The van der Waals surface area contributed by atoms with Crippen LogP contribution in [0.15, 0.2) is 54.9 Å². The molecule has 148 valence electrons. The van der Waals surface area contributed by atoms with Crippen LogP contribution >= 0.6 is 0 Å². The summed E-state index contributed by atoms with van der Waals surface area (Å²) in [4.78, 5) is 23.2. The summed E-state index contributed by atoms with van der Waals surface area (Å²) in [6.45, 7) is 1.27. The monoisotopic (exact) mass is 390 g/mol. The topological polar surface area (TPSA) is 76.6 Å². The van der Waals surface area contributed by atoms with Crippen LogP contribution in [0.1, 0.15) is 21.6 Å². The lowest BCUT2D eigenvalue weighted by Gasteiger charge is -2.28. The number of carbonyl (C=O) groups excluding carboxylic acids is 1. The lowest BCUT2D eigenvalue weighted by molar-refractivity contribution is 0.0728. The SMILES string of the molecule is COc1ccc(Nc2cc(C(=O)N3CCc4ccccc4C3)ncn2)cc1OC. The van der Waals surface area contributed by atoms with Gasteiger partial charge in [-0.2, -0.15) is 0 Å². The van der Waals surface area contributed by atoms with Gasteiger partial charge in [0.05, 0.1) is 14.2 Å². The number of nitrogens with one attached hydrogen (secondary N) is 1. The van der Waals surface area contributed by atoms with Gasteiger partial charge in [-0.25, -0.2) is 9.97 Å². The fourth-order valence-corrected chi connectivity index (χ4v) is 3.44. The van der Waals surface area contributed by atoms with E-state index in [2.05, 4.69) is 27.4 Å². The van der Waals surface area contributed by atoms with Gasteiger partial charge < -0.3 is 19.7 Å². The minimum atomic E-state index is -0.0998. The van der Waals surface area contributed by atoms with Crippen LogP contribution in [0.3, 0.4) is 0 Å². The summed E-state index contributed by atoms with van der Waals surface area (Å²) in [7, 11) is 3.17. The van der Waals surface area contributed by atoms with Gasteiger partial charge in [0.15, 0.2) is 11.5 Å². The third-order valence-corrected chi connectivity index (χ3v) is 4.96. The molecule has 1 aromatic heterocycles. The van der Waals surface area contributed by atoms with Gasteiger partial charge in [-0.15, -0.1) is 0 Å². The molecule has 1 N–H and O–H groups in total. The van der Waals surface area contributed by atoms with E-state index in [9.17, 15) is 4.79 Å². The first kappa shape index (κ1) is 18.7. The van der Waals surface area contributed by atoms with Gasteiger partial charge in [-0.1, -0.05) is 24.3 Å². The highest BCUT2D eigenvalue weighted by atomic mass is 16.5. The van der Waals surface area contributed by atoms with E-state index in [0.29, 0.717) is 36.1 Å². The van der Waals surface area contributed by atoms with Crippen molar-refractivity contribution in [3.63, 3.8) is 0 Å². The molecule has 2 heterocycles. The van der Waals surface area contributed by atoms with Gasteiger partial charge in [0.1, 0.15) is 17.8 Å². The second-order valence-corrected chi connectivity index (χ2v) is 6.73. The number of aromatic nitrogens is 2. The first-order valence-corrected chi connectivity index (χ1v) is 9.35. The summed E-state index contributed by atoms with van der Waals surface area (Å²) in [6.07, 6.45) is 2.25. The van der Waals surface area contributed by atoms with Crippen LogP contribution in [0.25, 0.3) is 0 Å². The summed E-state index contributed by atoms with van der Waals surface area (Å²) in [5, 5.41) is 3.19. The van der Waals surface area contributed by atoms with Crippen LogP contribution in [-0.4, -0.2) is 41.5 Å². The number of nitrogens with zero attached hydrogens (tertiary/aromatic N) is 3. The molecular formula is C22H22N4O3. The number of rotatable bonds is 5. The zero-order valence-electron chi connectivity index (χ0n) is 16.4. The van der Waals surface area contributed by atoms with Gasteiger partial charge in [0.25, 0.3) is 5.91 Å². The van der Waals surface area contributed by atoms with Gasteiger partial charge in [-0.3, -0.25) is 4.79 Å². The maximum atomic E-state index is 13.0. The minimum absolute atomic E-state index is 0.0998. The molecule has 1 aliphatic heterocycles. The summed E-state index contributed by atoms with van der Waals surface area (Å²) in [5.74, 6) is 1.68. The Morgan fingerprint density at radius 1 is 1.00 bits per heavy atom. The molecule has 0 unspecified atom stereocenters. The highest BCUT2D eigenvalue weighted by Gasteiger charge is 2.22. The average Bonchev–Trinajstić information content (AvgIpc) is 2.78. The molecule has 7 nitrogen and oxygen atoms in total. The Bertz CT molecular complexity index is 1040. The Kier molecular flexibility index (Phi) is 5.29. The molecule has 1 aliphatic rings. The van der Waals surface area contributed by atoms with E-state index < -0.39 is 0 Å². The third kappa shape index (κ3) is 3.99. The first-order valence-electron chi connectivity index (χ1n) is 9.35. The van der Waals surface area contributed by atoms with Crippen LogP contribution in [0.5, 0.6) is 11.5 Å². The number of ether oxygens (including phenoxy) is 2. The Morgan fingerprint density at radius 2 is 1.79 bits per heavy atom. The van der Waals surface area contributed by atoms with Crippen molar-refractivity contribution < 1.29 is 14.3 Å². The highest BCUT2D eigenvalue weighted by Crippen LogP contribution is 2.31. The maximum Gasteiger partial charge on any atom is 0.272 e. The highest BCUT2D eigenvalue weighted by molar-refractivity contribution is 5.93. The smallest absolute Gasteiger partial charge is 0.272 e. The van der Waals surface area contributed by atoms with Gasteiger partial charge in [0.2, 0.25) is 0 Å². The lowest BCUT2D eigenvalue weighted by atomic mass is 10.00. The number of anilines is 2. The molecule has 0 fully saturated rings. The van der Waals surface area contributed by atoms with Crippen molar-refractivity contribution in [3.8, 4) is 11.5 Å². The molecule has 0 aliphatic carbocycles. The molecular weight excluding hydrogens is 368 g/mol. The first-order chi connectivity index (χ1) is 14.2. The second kappa shape index (κ2) is 8.18. The third-order valence-electron chi connectivity index (χ3n) is 4.96. The number of benzene rings is 2. The normalized spacial score (nSPS) is 12.8. The molecule has 4 rings (SSSR count). The van der Waals surface area contributed by atoms with E-state index in [4.69, 9.17) is 9.47 Å². The van der Waals surface area contributed by atoms with Crippen LogP contribution in [0.4, 0.5) is 11.5 Å². The summed E-state index contributed by atoms with van der Waals surface area (Å²) in [5.41, 5.74) is 3.62. The summed E-state index contributed by atoms with van der Waals surface area (Å²) in [6, 6.07) is 15.4. The summed E-state index contributed by atoms with van der Waals surface area (Å²) < 4.78 is 10.6. The molecule has 1 amide bonds. The molecule has 0 bridgehead atoms. The zero-order chi connectivity index (χ0) is 20.2. The predicted octanol–water partition coefficient (Wildman–Crippen LogP) is 3.44. The number of hydrogen-bond acceptors (Lipinski definition) is 6. The van der Waals surface area contributed by atoms with Gasteiger partial charge in [0, 0.05) is 30.9 Å². The Hall–Kier alpha value is -3.61. The van der Waals surface area contributed by atoms with Crippen molar-refractivity contribution in [1.82, 2.24) is 14.9 Å². The number of methoxy groups -OCH3 is 2. The molecule has 0 atom stereocenters. The van der Waals surface area contributed by atoms with Crippen molar-refractivity contribution in [1.29, 1.82) is 0 Å².